The maximum atomic E-state index is 12.8. The molecule has 4 heteroatoms. The fourth-order valence-corrected chi connectivity index (χ4v) is 2.98. The minimum absolute atomic E-state index is 0.0170. The number of nitrogens with one attached hydrogen (secondary N) is 2. The maximum Gasteiger partial charge on any atom is 0.233 e. The van der Waals surface area contributed by atoms with Crippen molar-refractivity contribution in [3.63, 3.8) is 0 Å². The quantitative estimate of drug-likeness (QED) is 0.915. The zero-order valence-electron chi connectivity index (χ0n) is 12.8. The minimum atomic E-state index is -0.213. The van der Waals surface area contributed by atoms with Crippen LogP contribution in [0.25, 0.3) is 0 Å². The van der Waals surface area contributed by atoms with Crippen molar-refractivity contribution < 1.29 is 9.53 Å². The predicted molar refractivity (Wildman–Crippen MR) is 87.1 cm³/mol. The maximum absolute atomic E-state index is 12.8. The molecule has 1 amide bonds. The van der Waals surface area contributed by atoms with Gasteiger partial charge in [0.2, 0.25) is 5.91 Å². The number of methoxy groups -OCH3 is 1. The van der Waals surface area contributed by atoms with Crippen LogP contribution in [0.15, 0.2) is 48.5 Å². The lowest BCUT2D eigenvalue weighted by atomic mass is 9.85. The van der Waals surface area contributed by atoms with E-state index >= 15 is 0 Å². The molecule has 2 aromatic rings. The van der Waals surface area contributed by atoms with Crippen LogP contribution in [-0.4, -0.2) is 19.1 Å². The van der Waals surface area contributed by atoms with Gasteiger partial charge >= 0.3 is 0 Å². The van der Waals surface area contributed by atoms with E-state index in [4.69, 9.17) is 4.74 Å². The molecule has 114 valence electrons. The number of fused-ring (bicyclic) bond motifs is 1. The first-order valence-electron chi connectivity index (χ1n) is 7.46. The van der Waals surface area contributed by atoms with Crippen LogP contribution in [0.2, 0.25) is 0 Å². The van der Waals surface area contributed by atoms with Gasteiger partial charge in [-0.3, -0.25) is 4.79 Å². The highest BCUT2D eigenvalue weighted by Gasteiger charge is 2.32. The number of amides is 1. The second kappa shape index (κ2) is 6.20. The van der Waals surface area contributed by atoms with Gasteiger partial charge in [-0.05, 0) is 30.2 Å². The van der Waals surface area contributed by atoms with Gasteiger partial charge in [0.1, 0.15) is 5.75 Å². The van der Waals surface area contributed by atoms with Gasteiger partial charge in [-0.25, -0.2) is 0 Å². The number of hydrogen-bond acceptors (Lipinski definition) is 3. The monoisotopic (exact) mass is 296 g/mol. The molecule has 2 atom stereocenters. The Kier molecular flexibility index (Phi) is 4.11. The zero-order chi connectivity index (χ0) is 15.5. The van der Waals surface area contributed by atoms with E-state index in [-0.39, 0.29) is 17.9 Å². The van der Waals surface area contributed by atoms with E-state index in [9.17, 15) is 4.79 Å². The standard InChI is InChI=1S/C18H20N2O2/c1-12-17(14-8-4-3-7-13(14)11-19-12)18(21)20-15-9-5-6-10-16(15)22-2/h3-10,12,17,19H,11H2,1-2H3,(H,20,21). The Morgan fingerprint density at radius 1 is 1.18 bits per heavy atom. The molecule has 1 heterocycles. The average Bonchev–Trinajstić information content (AvgIpc) is 2.55. The molecule has 0 aromatic heterocycles. The number of anilines is 1. The van der Waals surface area contributed by atoms with Crippen LogP contribution in [-0.2, 0) is 11.3 Å². The third kappa shape index (κ3) is 2.70. The largest absolute Gasteiger partial charge is 0.495 e. The summed E-state index contributed by atoms with van der Waals surface area (Å²) in [6.45, 7) is 2.85. The van der Waals surface area contributed by atoms with E-state index in [0.717, 1.165) is 12.1 Å². The first-order chi connectivity index (χ1) is 10.7. The predicted octanol–water partition coefficient (Wildman–Crippen LogP) is 2.91. The number of carbonyl (C=O) groups is 1. The first kappa shape index (κ1) is 14.6. The molecule has 1 aliphatic heterocycles. The number of rotatable bonds is 3. The molecular formula is C18H20N2O2. The van der Waals surface area contributed by atoms with Crippen LogP contribution in [0.3, 0.4) is 0 Å². The zero-order valence-corrected chi connectivity index (χ0v) is 12.8. The molecule has 0 radical (unpaired) electrons. The number of ether oxygens (including phenoxy) is 1. The summed E-state index contributed by atoms with van der Waals surface area (Å²) in [6.07, 6.45) is 0. The van der Waals surface area contributed by atoms with E-state index in [0.29, 0.717) is 11.4 Å². The molecule has 0 fully saturated rings. The van der Waals surface area contributed by atoms with Crippen LogP contribution >= 0.6 is 0 Å². The molecule has 4 nitrogen and oxygen atoms in total. The second-order valence-electron chi connectivity index (χ2n) is 5.54. The number of hydrogen-bond donors (Lipinski definition) is 2. The summed E-state index contributed by atoms with van der Waals surface area (Å²) < 4.78 is 5.30. The summed E-state index contributed by atoms with van der Waals surface area (Å²) >= 11 is 0. The van der Waals surface area contributed by atoms with Crippen LogP contribution in [0.4, 0.5) is 5.69 Å². The van der Waals surface area contributed by atoms with Gasteiger partial charge in [0.05, 0.1) is 18.7 Å². The molecule has 1 aliphatic rings. The van der Waals surface area contributed by atoms with Gasteiger partial charge in [0.25, 0.3) is 0 Å². The Hall–Kier alpha value is -2.33. The molecular weight excluding hydrogens is 276 g/mol. The minimum Gasteiger partial charge on any atom is -0.495 e. The van der Waals surface area contributed by atoms with Gasteiger partial charge in [0.15, 0.2) is 0 Å². The lowest BCUT2D eigenvalue weighted by molar-refractivity contribution is -0.118. The molecule has 0 bridgehead atoms. The second-order valence-corrected chi connectivity index (χ2v) is 5.54. The lowest BCUT2D eigenvalue weighted by Gasteiger charge is -2.31. The molecule has 0 saturated carbocycles. The van der Waals surface area contributed by atoms with Gasteiger partial charge < -0.3 is 15.4 Å². The number of benzene rings is 2. The highest BCUT2D eigenvalue weighted by molar-refractivity contribution is 5.98. The van der Waals surface area contributed by atoms with Gasteiger partial charge in [0, 0.05) is 12.6 Å². The molecule has 2 aromatic carbocycles. The molecule has 22 heavy (non-hydrogen) atoms. The first-order valence-corrected chi connectivity index (χ1v) is 7.46. The summed E-state index contributed by atoms with van der Waals surface area (Å²) in [5.74, 6) is 0.437. The SMILES string of the molecule is COc1ccccc1NC(=O)C1c2ccccc2CNC1C. The van der Waals surface area contributed by atoms with Crippen LogP contribution in [0.1, 0.15) is 24.0 Å². The van der Waals surface area contributed by atoms with E-state index in [2.05, 4.69) is 16.7 Å². The topological polar surface area (TPSA) is 50.4 Å². The van der Waals surface area contributed by atoms with E-state index in [1.807, 2.05) is 49.4 Å². The van der Waals surface area contributed by atoms with Crippen molar-refractivity contribution in [3.05, 3.63) is 59.7 Å². The van der Waals surface area contributed by atoms with E-state index < -0.39 is 0 Å². The number of carbonyl (C=O) groups excluding carboxylic acids is 1. The third-order valence-corrected chi connectivity index (χ3v) is 4.15. The molecule has 0 spiro atoms. The molecule has 0 aliphatic carbocycles. The highest BCUT2D eigenvalue weighted by atomic mass is 16.5. The molecule has 0 saturated heterocycles. The fourth-order valence-electron chi connectivity index (χ4n) is 2.98. The normalized spacial score (nSPS) is 20.1. The van der Waals surface area contributed by atoms with E-state index in [1.54, 1.807) is 7.11 Å². The summed E-state index contributed by atoms with van der Waals surface area (Å²) in [6, 6.07) is 15.6. The van der Waals surface area contributed by atoms with Gasteiger partial charge in [-0.15, -0.1) is 0 Å². The Labute approximate surface area is 130 Å². The van der Waals surface area contributed by atoms with Gasteiger partial charge in [-0.2, -0.15) is 0 Å². The Balaban J connectivity index is 1.89. The van der Waals surface area contributed by atoms with Crippen molar-refractivity contribution in [2.24, 2.45) is 0 Å². The molecule has 2 N–H and O–H groups in total. The smallest absolute Gasteiger partial charge is 0.233 e. The average molecular weight is 296 g/mol. The van der Waals surface area contributed by atoms with E-state index in [1.165, 1.54) is 5.56 Å². The fraction of sp³-hybridized carbons (Fsp3) is 0.278. The molecule has 3 rings (SSSR count). The van der Waals surface area contributed by atoms with Crippen LogP contribution < -0.4 is 15.4 Å². The summed E-state index contributed by atoms with van der Waals surface area (Å²) in [5.41, 5.74) is 2.98. The Bertz CT molecular complexity index is 684. The summed E-state index contributed by atoms with van der Waals surface area (Å²) in [7, 11) is 1.60. The number of para-hydroxylation sites is 2. The van der Waals surface area contributed by atoms with Crippen molar-refractivity contribution in [1.82, 2.24) is 5.32 Å². The third-order valence-electron chi connectivity index (χ3n) is 4.15. The molecule has 2 unspecified atom stereocenters. The van der Waals surface area contributed by atoms with Crippen LogP contribution in [0.5, 0.6) is 5.75 Å². The Morgan fingerprint density at radius 3 is 2.73 bits per heavy atom. The van der Waals surface area contributed by atoms with Crippen molar-refractivity contribution in [2.75, 3.05) is 12.4 Å². The highest BCUT2D eigenvalue weighted by Crippen LogP contribution is 2.31. The summed E-state index contributed by atoms with van der Waals surface area (Å²) in [4.78, 5) is 12.8. The van der Waals surface area contributed by atoms with Crippen molar-refractivity contribution in [2.45, 2.75) is 25.4 Å². The van der Waals surface area contributed by atoms with Crippen molar-refractivity contribution >= 4 is 11.6 Å². The lowest BCUT2D eigenvalue weighted by Crippen LogP contribution is -2.42. The van der Waals surface area contributed by atoms with Crippen molar-refractivity contribution in [1.29, 1.82) is 0 Å². The Morgan fingerprint density at radius 2 is 1.91 bits per heavy atom. The summed E-state index contributed by atoms with van der Waals surface area (Å²) in [5, 5.41) is 6.39. The van der Waals surface area contributed by atoms with Gasteiger partial charge in [-0.1, -0.05) is 36.4 Å². The van der Waals surface area contributed by atoms with Crippen molar-refractivity contribution in [3.8, 4) is 5.75 Å². The van der Waals surface area contributed by atoms with Crippen LogP contribution in [0, 0.1) is 0 Å².